The fraction of sp³-hybridized carbons (Fsp3) is 0.684. The minimum atomic E-state index is 0.0163. The van der Waals surface area contributed by atoms with Crippen LogP contribution in [0.2, 0.25) is 0 Å². The van der Waals surface area contributed by atoms with Gasteiger partial charge in [-0.1, -0.05) is 52.0 Å². The molecule has 0 spiro atoms. The van der Waals surface area contributed by atoms with Crippen LogP contribution in [-0.2, 0) is 6.42 Å². The van der Waals surface area contributed by atoms with Gasteiger partial charge in [0.15, 0.2) is 0 Å². The molecule has 0 radical (unpaired) electrons. The molecule has 0 aliphatic heterocycles. The van der Waals surface area contributed by atoms with E-state index in [0.29, 0.717) is 6.04 Å². The summed E-state index contributed by atoms with van der Waals surface area (Å²) in [6.07, 6.45) is 4.42. The van der Waals surface area contributed by atoms with Crippen LogP contribution in [-0.4, -0.2) is 18.3 Å². The summed E-state index contributed by atoms with van der Waals surface area (Å²) < 4.78 is 0. The average molecular weight is 289 g/mol. The lowest BCUT2D eigenvalue weighted by molar-refractivity contribution is 0.0960. The van der Waals surface area contributed by atoms with Gasteiger partial charge in [0.25, 0.3) is 0 Å². The van der Waals surface area contributed by atoms with Gasteiger partial charge in [0.2, 0.25) is 0 Å². The van der Waals surface area contributed by atoms with E-state index >= 15 is 0 Å². The Bertz CT molecular complexity index is 454. The molecule has 2 rings (SSSR count). The van der Waals surface area contributed by atoms with E-state index < -0.39 is 0 Å². The second kappa shape index (κ2) is 6.50. The highest BCUT2D eigenvalue weighted by atomic mass is 16.3. The van der Waals surface area contributed by atoms with Crippen molar-refractivity contribution in [1.29, 1.82) is 0 Å². The zero-order valence-electron chi connectivity index (χ0n) is 14.1. The Morgan fingerprint density at radius 3 is 2.52 bits per heavy atom. The highest BCUT2D eigenvalue weighted by molar-refractivity contribution is 5.34. The molecule has 0 amide bonds. The molecule has 118 valence electrons. The van der Waals surface area contributed by atoms with E-state index in [1.54, 1.807) is 0 Å². The summed E-state index contributed by atoms with van der Waals surface area (Å²) in [5.41, 5.74) is 3.21. The van der Waals surface area contributed by atoms with Crippen molar-refractivity contribution in [3.8, 4) is 0 Å². The smallest absolute Gasteiger partial charge is 0.0499 e. The van der Waals surface area contributed by atoms with E-state index in [2.05, 4.69) is 57.3 Å². The molecule has 1 aliphatic rings. The van der Waals surface area contributed by atoms with Crippen molar-refractivity contribution in [2.75, 3.05) is 13.2 Å². The number of aliphatic hydroxyl groups excluding tert-OH is 1. The summed E-state index contributed by atoms with van der Waals surface area (Å²) >= 11 is 0. The third-order valence-electron chi connectivity index (χ3n) is 5.70. The summed E-state index contributed by atoms with van der Waals surface area (Å²) in [5, 5.41) is 13.6. The predicted octanol–water partition coefficient (Wildman–Crippen LogP) is 4.09. The monoisotopic (exact) mass is 289 g/mol. The Kier molecular flexibility index (Phi) is 5.11. The molecule has 0 aromatic heterocycles. The number of benzene rings is 1. The Balaban J connectivity index is 2.21. The second-order valence-electron chi connectivity index (χ2n) is 7.37. The van der Waals surface area contributed by atoms with Gasteiger partial charge in [-0.25, -0.2) is 0 Å². The van der Waals surface area contributed by atoms with Gasteiger partial charge in [-0.05, 0) is 42.2 Å². The quantitative estimate of drug-likeness (QED) is 0.827. The van der Waals surface area contributed by atoms with Crippen molar-refractivity contribution in [3.05, 3.63) is 35.4 Å². The Morgan fingerprint density at radius 1 is 1.24 bits per heavy atom. The second-order valence-corrected chi connectivity index (χ2v) is 7.37. The van der Waals surface area contributed by atoms with Gasteiger partial charge in [-0.2, -0.15) is 0 Å². The number of aryl methyl sites for hydroxylation is 1. The number of hydrogen-bond donors (Lipinski definition) is 2. The first-order valence-electron chi connectivity index (χ1n) is 8.40. The van der Waals surface area contributed by atoms with Gasteiger partial charge in [0.1, 0.15) is 0 Å². The van der Waals surface area contributed by atoms with E-state index in [1.165, 1.54) is 24.0 Å². The molecule has 1 atom stereocenters. The average Bonchev–Trinajstić information content (AvgIpc) is 2.50. The molecule has 2 N–H and O–H groups in total. The first-order valence-corrected chi connectivity index (χ1v) is 8.40. The van der Waals surface area contributed by atoms with Crippen molar-refractivity contribution in [3.63, 3.8) is 0 Å². The van der Waals surface area contributed by atoms with E-state index in [4.69, 9.17) is 0 Å². The summed E-state index contributed by atoms with van der Waals surface area (Å²) in [4.78, 5) is 0. The zero-order valence-corrected chi connectivity index (χ0v) is 14.1. The molecule has 1 unspecified atom stereocenters. The summed E-state index contributed by atoms with van der Waals surface area (Å²) in [7, 11) is 0. The van der Waals surface area contributed by atoms with Crippen molar-refractivity contribution in [1.82, 2.24) is 5.32 Å². The third-order valence-corrected chi connectivity index (χ3v) is 5.70. The number of aliphatic hydroxyl groups is 1. The van der Waals surface area contributed by atoms with E-state index in [1.807, 2.05) is 0 Å². The van der Waals surface area contributed by atoms with Crippen LogP contribution in [0.15, 0.2) is 24.3 Å². The Labute approximate surface area is 130 Å². The van der Waals surface area contributed by atoms with Gasteiger partial charge >= 0.3 is 0 Å². The summed E-state index contributed by atoms with van der Waals surface area (Å²) in [6.45, 7) is 10.2. The summed E-state index contributed by atoms with van der Waals surface area (Å²) in [6, 6.07) is 9.20. The van der Waals surface area contributed by atoms with Gasteiger partial charge < -0.3 is 10.4 Å². The fourth-order valence-corrected chi connectivity index (χ4v) is 3.55. The van der Waals surface area contributed by atoms with Crippen LogP contribution in [0.3, 0.4) is 0 Å². The topological polar surface area (TPSA) is 32.3 Å². The van der Waals surface area contributed by atoms with Crippen molar-refractivity contribution in [2.24, 2.45) is 10.8 Å². The standard InChI is InChI=1S/C19H31NO/c1-5-19(6-2,14-21)13-20-17-16-10-8-7-9-15(16)11-12-18(17,3)4/h7-10,17,20-21H,5-6,11-14H2,1-4H3. The molecule has 2 heteroatoms. The molecule has 0 saturated carbocycles. The van der Waals surface area contributed by atoms with Gasteiger partial charge in [-0.15, -0.1) is 0 Å². The van der Waals surface area contributed by atoms with Crippen LogP contribution >= 0.6 is 0 Å². The SMILES string of the molecule is CCC(CC)(CO)CNC1c2ccccc2CCC1(C)C. The molecule has 0 saturated heterocycles. The van der Waals surface area contributed by atoms with E-state index in [0.717, 1.165) is 19.4 Å². The Hall–Kier alpha value is -0.860. The first-order chi connectivity index (χ1) is 9.98. The first kappa shape index (κ1) is 16.5. The fourth-order valence-electron chi connectivity index (χ4n) is 3.55. The van der Waals surface area contributed by atoms with Crippen molar-refractivity contribution < 1.29 is 5.11 Å². The number of rotatable bonds is 6. The highest BCUT2D eigenvalue weighted by Gasteiger charge is 2.37. The molecule has 0 fully saturated rings. The van der Waals surface area contributed by atoms with Crippen LogP contribution in [0.1, 0.15) is 64.1 Å². The normalized spacial score (nSPS) is 21.1. The van der Waals surface area contributed by atoms with Crippen LogP contribution in [0, 0.1) is 10.8 Å². The largest absolute Gasteiger partial charge is 0.396 e. The molecule has 2 nitrogen and oxygen atoms in total. The lowest BCUT2D eigenvalue weighted by Gasteiger charge is -2.43. The van der Waals surface area contributed by atoms with Gasteiger partial charge in [-0.3, -0.25) is 0 Å². The molecule has 1 aliphatic carbocycles. The maximum absolute atomic E-state index is 9.79. The minimum absolute atomic E-state index is 0.0163. The lowest BCUT2D eigenvalue weighted by Crippen LogP contribution is -2.44. The van der Waals surface area contributed by atoms with Crippen LogP contribution in [0.4, 0.5) is 0 Å². The third kappa shape index (κ3) is 3.32. The molecule has 1 aromatic rings. The van der Waals surface area contributed by atoms with Crippen LogP contribution in [0.5, 0.6) is 0 Å². The van der Waals surface area contributed by atoms with Gasteiger partial charge in [0.05, 0.1) is 0 Å². The molecular formula is C19H31NO. The van der Waals surface area contributed by atoms with E-state index in [9.17, 15) is 5.11 Å². The molecule has 0 bridgehead atoms. The highest BCUT2D eigenvalue weighted by Crippen LogP contribution is 2.43. The maximum Gasteiger partial charge on any atom is 0.0499 e. The minimum Gasteiger partial charge on any atom is -0.396 e. The molecule has 1 aromatic carbocycles. The van der Waals surface area contributed by atoms with Crippen LogP contribution in [0.25, 0.3) is 0 Å². The summed E-state index contributed by atoms with van der Waals surface area (Å²) in [5.74, 6) is 0. The maximum atomic E-state index is 9.79. The molecule has 21 heavy (non-hydrogen) atoms. The number of fused-ring (bicyclic) bond motifs is 1. The van der Waals surface area contributed by atoms with Crippen molar-refractivity contribution in [2.45, 2.75) is 59.4 Å². The Morgan fingerprint density at radius 2 is 1.90 bits per heavy atom. The van der Waals surface area contributed by atoms with Crippen LogP contribution < -0.4 is 5.32 Å². The lowest BCUT2D eigenvalue weighted by atomic mass is 9.70. The van der Waals surface area contributed by atoms with Crippen molar-refractivity contribution >= 4 is 0 Å². The van der Waals surface area contributed by atoms with Gasteiger partial charge in [0, 0.05) is 24.6 Å². The molecule has 0 heterocycles. The number of nitrogens with one attached hydrogen (secondary N) is 1. The van der Waals surface area contributed by atoms with E-state index in [-0.39, 0.29) is 17.4 Å². The molecular weight excluding hydrogens is 258 g/mol. The zero-order chi connectivity index (χ0) is 15.5. The predicted molar refractivity (Wildman–Crippen MR) is 89.4 cm³/mol. The number of hydrogen-bond acceptors (Lipinski definition) is 2.